The fourth-order valence-electron chi connectivity index (χ4n) is 3.25. The molecule has 2 aromatic heterocycles. The largest absolute Gasteiger partial charge is 0.479 e. The summed E-state index contributed by atoms with van der Waals surface area (Å²) < 4.78 is 5.14. The predicted molar refractivity (Wildman–Crippen MR) is 141 cm³/mol. The first-order chi connectivity index (χ1) is 17.3. The first-order valence-electron chi connectivity index (χ1n) is 10.5. The second-order valence-corrected chi connectivity index (χ2v) is 9.98. The molecule has 4 aromatic rings. The highest BCUT2D eigenvalue weighted by Gasteiger charge is 2.24. The van der Waals surface area contributed by atoms with E-state index in [9.17, 15) is 19.5 Å². The van der Waals surface area contributed by atoms with Crippen molar-refractivity contribution in [2.45, 2.75) is 6.54 Å². The molecule has 2 aromatic carbocycles. The number of hydrogen-bond donors (Lipinski definition) is 4. The van der Waals surface area contributed by atoms with Crippen molar-refractivity contribution in [3.63, 3.8) is 0 Å². The van der Waals surface area contributed by atoms with Crippen molar-refractivity contribution in [2.24, 2.45) is 0 Å². The van der Waals surface area contributed by atoms with Crippen LogP contribution in [0.4, 0.5) is 11.4 Å². The Bertz CT molecular complexity index is 1420. The third-order valence-corrected chi connectivity index (χ3v) is 7.62. The second kappa shape index (κ2) is 11.3. The lowest BCUT2D eigenvalue weighted by molar-refractivity contribution is -0.139. The van der Waals surface area contributed by atoms with Crippen LogP contribution in [-0.2, 0) is 11.3 Å². The molecule has 0 radical (unpaired) electrons. The number of ether oxygens (including phenoxy) is 1. The summed E-state index contributed by atoms with van der Waals surface area (Å²) in [7, 11) is 0. The predicted octanol–water partition coefficient (Wildman–Crippen LogP) is 6.16. The van der Waals surface area contributed by atoms with Gasteiger partial charge in [-0.3, -0.25) is 4.79 Å². The van der Waals surface area contributed by atoms with E-state index in [1.165, 1.54) is 11.3 Å². The highest BCUT2D eigenvalue weighted by molar-refractivity contribution is 7.18. The van der Waals surface area contributed by atoms with E-state index in [1.54, 1.807) is 24.3 Å². The number of anilines is 2. The van der Waals surface area contributed by atoms with Crippen LogP contribution in [0.25, 0.3) is 10.4 Å². The van der Waals surface area contributed by atoms with Crippen molar-refractivity contribution in [3.05, 3.63) is 86.4 Å². The SMILES string of the molecule is O=C(O)COc1c(C(=O)O)sc(-c2cccc(NCc3ccc(C(=O)Nc4ccccc4)s3)c2)c1Cl. The number of carboxylic acid groups (broad SMARTS) is 2. The van der Waals surface area contributed by atoms with Crippen molar-refractivity contribution >= 4 is 63.5 Å². The number of aliphatic carboxylic acids is 1. The van der Waals surface area contributed by atoms with E-state index in [0.717, 1.165) is 27.6 Å². The maximum atomic E-state index is 12.5. The number of carbonyl (C=O) groups is 3. The summed E-state index contributed by atoms with van der Waals surface area (Å²) in [6, 6.07) is 20.1. The Morgan fingerprint density at radius 2 is 1.67 bits per heavy atom. The number of rotatable bonds is 10. The smallest absolute Gasteiger partial charge is 0.349 e. The molecule has 184 valence electrons. The third kappa shape index (κ3) is 6.03. The standard InChI is InChI=1S/C25H19ClN2O6S2/c26-20-21(34-13-19(29)30)23(25(32)33)36-22(20)14-5-4-8-16(11-14)27-12-17-9-10-18(35-17)24(31)28-15-6-2-1-3-7-15/h1-11,27H,12-13H2,(H,28,31)(H,29,30)(H,32,33). The molecule has 2 heterocycles. The lowest BCUT2D eigenvalue weighted by Crippen LogP contribution is -2.10. The number of benzene rings is 2. The molecule has 8 nitrogen and oxygen atoms in total. The van der Waals surface area contributed by atoms with Crippen molar-refractivity contribution in [1.29, 1.82) is 0 Å². The molecule has 1 amide bonds. The number of carboxylic acids is 2. The third-order valence-electron chi connectivity index (χ3n) is 4.85. The van der Waals surface area contributed by atoms with Crippen LogP contribution in [-0.4, -0.2) is 34.7 Å². The Kier molecular flexibility index (Phi) is 7.89. The first-order valence-corrected chi connectivity index (χ1v) is 12.5. The van der Waals surface area contributed by atoms with Gasteiger partial charge in [-0.05, 0) is 42.0 Å². The van der Waals surface area contributed by atoms with E-state index in [4.69, 9.17) is 21.4 Å². The minimum atomic E-state index is -1.26. The minimum Gasteiger partial charge on any atom is -0.479 e. The molecular weight excluding hydrogens is 524 g/mol. The summed E-state index contributed by atoms with van der Waals surface area (Å²) in [5, 5.41) is 24.6. The molecule has 11 heteroatoms. The molecule has 0 saturated carbocycles. The van der Waals surface area contributed by atoms with E-state index in [0.29, 0.717) is 21.9 Å². The van der Waals surface area contributed by atoms with Gasteiger partial charge in [-0.1, -0.05) is 41.9 Å². The van der Waals surface area contributed by atoms with E-state index >= 15 is 0 Å². The lowest BCUT2D eigenvalue weighted by atomic mass is 10.1. The molecule has 0 unspecified atom stereocenters. The van der Waals surface area contributed by atoms with E-state index in [-0.39, 0.29) is 21.6 Å². The van der Waals surface area contributed by atoms with Gasteiger partial charge in [0.15, 0.2) is 17.2 Å². The van der Waals surface area contributed by atoms with Crippen LogP contribution in [0.3, 0.4) is 0 Å². The van der Waals surface area contributed by atoms with Gasteiger partial charge >= 0.3 is 11.9 Å². The van der Waals surface area contributed by atoms with Gasteiger partial charge in [-0.25, -0.2) is 9.59 Å². The van der Waals surface area contributed by atoms with Gasteiger partial charge in [0.1, 0.15) is 5.02 Å². The minimum absolute atomic E-state index is 0.0446. The highest BCUT2D eigenvalue weighted by Crippen LogP contribution is 2.45. The molecule has 0 aliphatic heterocycles. The van der Waals surface area contributed by atoms with Gasteiger partial charge in [-0.15, -0.1) is 22.7 Å². The molecule has 0 atom stereocenters. The molecule has 0 fully saturated rings. The Morgan fingerprint density at radius 3 is 2.39 bits per heavy atom. The van der Waals surface area contributed by atoms with Gasteiger partial charge in [0, 0.05) is 22.8 Å². The Hall–Kier alpha value is -3.86. The van der Waals surface area contributed by atoms with Gasteiger partial charge in [0.05, 0.1) is 9.75 Å². The summed E-state index contributed by atoms with van der Waals surface area (Å²) in [4.78, 5) is 36.8. The number of halogens is 1. The molecule has 0 aliphatic carbocycles. The molecule has 0 bridgehead atoms. The maximum absolute atomic E-state index is 12.5. The fraction of sp³-hybridized carbons (Fsp3) is 0.0800. The van der Waals surface area contributed by atoms with Crippen molar-refractivity contribution in [1.82, 2.24) is 0 Å². The van der Waals surface area contributed by atoms with E-state index < -0.39 is 18.5 Å². The Morgan fingerprint density at radius 1 is 0.917 bits per heavy atom. The monoisotopic (exact) mass is 542 g/mol. The molecule has 4 rings (SSSR count). The van der Waals surface area contributed by atoms with Crippen LogP contribution in [0.1, 0.15) is 24.2 Å². The fourth-order valence-corrected chi connectivity index (χ4v) is 5.50. The number of nitrogens with one attached hydrogen (secondary N) is 2. The topological polar surface area (TPSA) is 125 Å². The first kappa shape index (κ1) is 25.2. The zero-order valence-electron chi connectivity index (χ0n) is 18.5. The number of thiophene rings is 2. The lowest BCUT2D eigenvalue weighted by Gasteiger charge is -2.07. The zero-order chi connectivity index (χ0) is 25.7. The van der Waals surface area contributed by atoms with Crippen molar-refractivity contribution in [2.75, 3.05) is 17.2 Å². The van der Waals surface area contributed by atoms with E-state index in [1.807, 2.05) is 42.5 Å². The summed E-state index contributed by atoms with van der Waals surface area (Å²) in [6.07, 6.45) is 0. The van der Waals surface area contributed by atoms with Crippen LogP contribution in [0.5, 0.6) is 5.75 Å². The number of amides is 1. The molecule has 36 heavy (non-hydrogen) atoms. The zero-order valence-corrected chi connectivity index (χ0v) is 20.9. The molecular formula is C25H19ClN2O6S2. The average Bonchev–Trinajstić information content (AvgIpc) is 3.47. The van der Waals surface area contributed by atoms with Crippen LogP contribution < -0.4 is 15.4 Å². The van der Waals surface area contributed by atoms with Gasteiger partial charge in [0.2, 0.25) is 0 Å². The quantitative estimate of drug-likeness (QED) is 0.189. The van der Waals surface area contributed by atoms with Gasteiger partial charge < -0.3 is 25.6 Å². The maximum Gasteiger partial charge on any atom is 0.349 e. The molecule has 4 N–H and O–H groups in total. The molecule has 0 saturated heterocycles. The average molecular weight is 543 g/mol. The Labute approximate surface area is 218 Å². The normalized spacial score (nSPS) is 10.6. The Balaban J connectivity index is 1.46. The van der Waals surface area contributed by atoms with Gasteiger partial charge in [0.25, 0.3) is 5.91 Å². The molecule has 0 spiro atoms. The van der Waals surface area contributed by atoms with E-state index in [2.05, 4.69) is 10.6 Å². The van der Waals surface area contributed by atoms with Crippen molar-refractivity contribution in [3.8, 4) is 16.2 Å². The summed E-state index contributed by atoms with van der Waals surface area (Å²) in [5.41, 5.74) is 2.13. The number of aromatic carboxylic acids is 1. The van der Waals surface area contributed by atoms with Crippen molar-refractivity contribution < 1.29 is 29.3 Å². The summed E-state index contributed by atoms with van der Waals surface area (Å²) >= 11 is 8.66. The number of para-hydroxylation sites is 1. The van der Waals surface area contributed by atoms with Crippen LogP contribution in [0, 0.1) is 0 Å². The summed E-state index contributed by atoms with van der Waals surface area (Å²) in [5.74, 6) is -2.84. The van der Waals surface area contributed by atoms with Crippen LogP contribution in [0.15, 0.2) is 66.7 Å². The number of carbonyl (C=O) groups excluding carboxylic acids is 1. The highest BCUT2D eigenvalue weighted by atomic mass is 35.5. The molecule has 0 aliphatic rings. The van der Waals surface area contributed by atoms with Crippen LogP contribution >= 0.6 is 34.3 Å². The summed E-state index contributed by atoms with van der Waals surface area (Å²) in [6.45, 7) is -0.234. The number of hydrogen-bond acceptors (Lipinski definition) is 7. The second-order valence-electron chi connectivity index (χ2n) is 7.41. The van der Waals surface area contributed by atoms with Gasteiger partial charge in [-0.2, -0.15) is 0 Å². The van der Waals surface area contributed by atoms with Crippen LogP contribution in [0.2, 0.25) is 5.02 Å².